The third-order valence-corrected chi connectivity index (χ3v) is 7.05. The molecule has 0 aromatic heterocycles. The summed E-state index contributed by atoms with van der Waals surface area (Å²) >= 11 is 6.05. The molecule has 0 saturated heterocycles. The molecule has 0 heterocycles. The van der Waals surface area contributed by atoms with Gasteiger partial charge >= 0.3 is 0 Å². The average molecular weight is 538 g/mol. The van der Waals surface area contributed by atoms with Gasteiger partial charge in [-0.25, -0.2) is 8.42 Å². The first-order valence-electron chi connectivity index (χ1n) is 11.8. The zero-order valence-corrected chi connectivity index (χ0v) is 23.3. The number of carbonyl (C=O) groups excluding carboxylic acids is 2. The third-order valence-electron chi connectivity index (χ3n) is 5.69. The molecule has 0 spiro atoms. The fraction of sp³-hybridized carbons (Fsp3) is 0.462. The van der Waals surface area contributed by atoms with Gasteiger partial charge in [0, 0.05) is 18.1 Å². The number of nitrogens with one attached hydrogen (secondary N) is 1. The number of carbonyl (C=O) groups is 2. The monoisotopic (exact) mass is 537 g/mol. The van der Waals surface area contributed by atoms with Gasteiger partial charge in [0.2, 0.25) is 21.8 Å². The lowest BCUT2D eigenvalue weighted by Crippen LogP contribution is -2.52. The Morgan fingerprint density at radius 3 is 2.25 bits per heavy atom. The van der Waals surface area contributed by atoms with Gasteiger partial charge < -0.3 is 15.0 Å². The van der Waals surface area contributed by atoms with Gasteiger partial charge in [-0.05, 0) is 60.7 Å². The van der Waals surface area contributed by atoms with Gasteiger partial charge in [-0.3, -0.25) is 13.9 Å². The summed E-state index contributed by atoms with van der Waals surface area (Å²) in [5.41, 5.74) is 1.76. The first kappa shape index (κ1) is 29.5. The molecule has 0 bridgehead atoms. The van der Waals surface area contributed by atoms with Crippen LogP contribution in [-0.2, 0) is 26.2 Å². The number of amides is 2. The standard InChI is InChI=1S/C26H36ClN3O5S/c1-7-23(26(32)28-15-18(2)3)29(16-20-8-11-22(35-5)12-9-20)25(31)17-30(36(6,33)34)24-13-10-21(27)14-19(24)4/h8-14,18,23H,7,15-17H2,1-6H3,(H,28,32)/t23-/m1/s1. The van der Waals surface area contributed by atoms with Crippen molar-refractivity contribution in [3.05, 3.63) is 58.6 Å². The van der Waals surface area contributed by atoms with Crippen LogP contribution in [0, 0.1) is 12.8 Å². The lowest BCUT2D eigenvalue weighted by atomic mass is 10.1. The Morgan fingerprint density at radius 1 is 1.11 bits per heavy atom. The molecule has 0 radical (unpaired) electrons. The predicted molar refractivity (Wildman–Crippen MR) is 144 cm³/mol. The maximum atomic E-state index is 13.7. The summed E-state index contributed by atoms with van der Waals surface area (Å²) in [6, 6.07) is 11.2. The lowest BCUT2D eigenvalue weighted by Gasteiger charge is -2.33. The molecular formula is C26H36ClN3O5S. The number of aryl methyl sites for hydroxylation is 1. The zero-order valence-electron chi connectivity index (χ0n) is 21.7. The van der Waals surface area contributed by atoms with Crippen LogP contribution in [0.2, 0.25) is 5.02 Å². The summed E-state index contributed by atoms with van der Waals surface area (Å²) in [6.07, 6.45) is 1.42. The normalized spacial score (nSPS) is 12.2. The highest BCUT2D eigenvalue weighted by atomic mass is 35.5. The number of halogens is 1. The second-order valence-electron chi connectivity index (χ2n) is 9.13. The van der Waals surface area contributed by atoms with Crippen LogP contribution in [-0.4, -0.2) is 57.6 Å². The van der Waals surface area contributed by atoms with E-state index in [0.717, 1.165) is 16.1 Å². The molecule has 36 heavy (non-hydrogen) atoms. The van der Waals surface area contributed by atoms with Crippen molar-refractivity contribution in [3.63, 3.8) is 0 Å². The summed E-state index contributed by atoms with van der Waals surface area (Å²) in [5.74, 6) is 0.143. The number of ether oxygens (including phenoxy) is 1. The minimum atomic E-state index is -3.81. The van der Waals surface area contributed by atoms with Crippen LogP contribution in [0.25, 0.3) is 0 Å². The SMILES string of the molecule is CC[C@H](C(=O)NCC(C)C)N(Cc1ccc(OC)cc1)C(=O)CN(c1ccc(Cl)cc1C)S(C)(=O)=O. The molecule has 0 aliphatic rings. The second-order valence-corrected chi connectivity index (χ2v) is 11.5. The van der Waals surface area contributed by atoms with E-state index in [-0.39, 0.29) is 18.4 Å². The summed E-state index contributed by atoms with van der Waals surface area (Å²) in [5, 5.41) is 3.37. The van der Waals surface area contributed by atoms with Gasteiger partial charge in [-0.15, -0.1) is 0 Å². The first-order chi connectivity index (χ1) is 16.9. The molecule has 0 aliphatic heterocycles. The van der Waals surface area contributed by atoms with Crippen LogP contribution in [0.5, 0.6) is 5.75 Å². The van der Waals surface area contributed by atoms with Gasteiger partial charge in [0.1, 0.15) is 18.3 Å². The lowest BCUT2D eigenvalue weighted by molar-refractivity contribution is -0.140. The quantitative estimate of drug-likeness (QED) is 0.441. The van der Waals surface area contributed by atoms with E-state index in [0.29, 0.717) is 35.0 Å². The Bertz CT molecular complexity index is 1150. The summed E-state index contributed by atoms with van der Waals surface area (Å²) in [6.45, 7) is 7.68. The van der Waals surface area contributed by atoms with E-state index < -0.39 is 28.5 Å². The van der Waals surface area contributed by atoms with Crippen LogP contribution >= 0.6 is 11.6 Å². The van der Waals surface area contributed by atoms with Gasteiger partial charge in [-0.2, -0.15) is 0 Å². The van der Waals surface area contributed by atoms with Crippen molar-refractivity contribution in [1.82, 2.24) is 10.2 Å². The Hall–Kier alpha value is -2.78. The Labute approximate surface area is 219 Å². The largest absolute Gasteiger partial charge is 0.497 e. The van der Waals surface area contributed by atoms with Gasteiger partial charge in [-0.1, -0.05) is 44.5 Å². The smallest absolute Gasteiger partial charge is 0.244 e. The predicted octanol–water partition coefficient (Wildman–Crippen LogP) is 4.00. The van der Waals surface area contributed by atoms with Crippen LogP contribution in [0.3, 0.4) is 0 Å². The molecule has 0 aliphatic carbocycles. The first-order valence-corrected chi connectivity index (χ1v) is 14.0. The van der Waals surface area contributed by atoms with E-state index in [1.165, 1.54) is 4.90 Å². The molecule has 1 N–H and O–H groups in total. The molecule has 0 unspecified atom stereocenters. The third kappa shape index (κ3) is 8.13. The van der Waals surface area contributed by atoms with E-state index >= 15 is 0 Å². The minimum absolute atomic E-state index is 0.133. The van der Waals surface area contributed by atoms with Crippen LogP contribution in [0.1, 0.15) is 38.3 Å². The number of hydrogen-bond donors (Lipinski definition) is 1. The van der Waals surface area contributed by atoms with E-state index in [1.807, 2.05) is 32.9 Å². The molecular weight excluding hydrogens is 502 g/mol. The number of anilines is 1. The van der Waals surface area contributed by atoms with Crippen molar-refractivity contribution in [2.75, 3.05) is 30.8 Å². The molecule has 1 atom stereocenters. The molecule has 0 saturated carbocycles. The summed E-state index contributed by atoms with van der Waals surface area (Å²) in [7, 11) is -2.25. The van der Waals surface area contributed by atoms with Crippen molar-refractivity contribution in [2.45, 2.75) is 46.7 Å². The van der Waals surface area contributed by atoms with E-state index in [9.17, 15) is 18.0 Å². The Balaban J connectivity index is 2.45. The molecule has 2 rings (SSSR count). The highest BCUT2D eigenvalue weighted by molar-refractivity contribution is 7.92. The molecule has 2 amide bonds. The Morgan fingerprint density at radius 2 is 1.75 bits per heavy atom. The van der Waals surface area contributed by atoms with Crippen LogP contribution in [0.4, 0.5) is 5.69 Å². The number of benzene rings is 2. The fourth-order valence-corrected chi connectivity index (χ4v) is 4.90. The maximum absolute atomic E-state index is 13.7. The highest BCUT2D eigenvalue weighted by Gasteiger charge is 2.32. The van der Waals surface area contributed by atoms with Crippen molar-refractivity contribution >= 4 is 39.1 Å². The van der Waals surface area contributed by atoms with Crippen LogP contribution < -0.4 is 14.4 Å². The zero-order chi connectivity index (χ0) is 27.0. The number of rotatable bonds is 12. The summed E-state index contributed by atoms with van der Waals surface area (Å²) in [4.78, 5) is 28.2. The van der Waals surface area contributed by atoms with E-state index in [1.54, 1.807) is 44.4 Å². The van der Waals surface area contributed by atoms with Crippen molar-refractivity contribution < 1.29 is 22.7 Å². The van der Waals surface area contributed by atoms with Crippen LogP contribution in [0.15, 0.2) is 42.5 Å². The fourth-order valence-electron chi connectivity index (χ4n) is 3.76. The van der Waals surface area contributed by atoms with Gasteiger partial charge in [0.25, 0.3) is 0 Å². The van der Waals surface area contributed by atoms with Gasteiger partial charge in [0.15, 0.2) is 0 Å². The van der Waals surface area contributed by atoms with Gasteiger partial charge in [0.05, 0.1) is 19.1 Å². The van der Waals surface area contributed by atoms with E-state index in [4.69, 9.17) is 16.3 Å². The van der Waals surface area contributed by atoms with Crippen molar-refractivity contribution in [1.29, 1.82) is 0 Å². The number of sulfonamides is 1. The summed E-state index contributed by atoms with van der Waals surface area (Å²) < 4.78 is 31.7. The number of nitrogens with zero attached hydrogens (tertiary/aromatic N) is 2. The molecule has 0 fully saturated rings. The topological polar surface area (TPSA) is 96.0 Å². The number of hydrogen-bond acceptors (Lipinski definition) is 5. The molecule has 8 nitrogen and oxygen atoms in total. The second kappa shape index (κ2) is 13.0. The molecule has 2 aromatic rings. The average Bonchev–Trinajstić information content (AvgIpc) is 2.81. The number of methoxy groups -OCH3 is 1. The molecule has 10 heteroatoms. The minimum Gasteiger partial charge on any atom is -0.497 e. The van der Waals surface area contributed by atoms with Crippen molar-refractivity contribution in [3.8, 4) is 5.75 Å². The molecule has 2 aromatic carbocycles. The highest BCUT2D eigenvalue weighted by Crippen LogP contribution is 2.26. The maximum Gasteiger partial charge on any atom is 0.244 e. The van der Waals surface area contributed by atoms with E-state index in [2.05, 4.69) is 5.32 Å². The molecule has 198 valence electrons. The Kier molecular flexibility index (Phi) is 10.6. The van der Waals surface area contributed by atoms with Crippen molar-refractivity contribution in [2.24, 2.45) is 5.92 Å².